The van der Waals surface area contributed by atoms with E-state index in [-0.39, 0.29) is 6.42 Å². The van der Waals surface area contributed by atoms with Crippen molar-refractivity contribution in [3.8, 4) is 6.07 Å². The minimum atomic E-state index is -0.810. The van der Waals surface area contributed by atoms with E-state index in [1.54, 1.807) is 30.3 Å². The van der Waals surface area contributed by atoms with Crippen LogP contribution >= 0.6 is 0 Å². The normalized spacial score (nSPS) is 9.50. The predicted molar refractivity (Wildman–Crippen MR) is 59.1 cm³/mol. The summed E-state index contributed by atoms with van der Waals surface area (Å²) in [6, 6.07) is 5.45. The van der Waals surface area contributed by atoms with Gasteiger partial charge in [0.15, 0.2) is 0 Å². The first kappa shape index (κ1) is 12.0. The summed E-state index contributed by atoms with van der Waals surface area (Å²) >= 11 is 0. The summed E-state index contributed by atoms with van der Waals surface area (Å²) in [5.41, 5.74) is 0.500. The molecule has 1 aromatic heterocycles. The number of carbonyl (C=O) groups is 1. The second-order valence-electron chi connectivity index (χ2n) is 3.41. The van der Waals surface area contributed by atoms with Crippen molar-refractivity contribution in [3.63, 3.8) is 0 Å². The molecular formula is C11H13N3O2. The highest BCUT2D eigenvalue weighted by Gasteiger charge is 2.08. The van der Waals surface area contributed by atoms with E-state index >= 15 is 0 Å². The molecule has 16 heavy (non-hydrogen) atoms. The van der Waals surface area contributed by atoms with Crippen LogP contribution in [0.25, 0.3) is 0 Å². The van der Waals surface area contributed by atoms with Crippen LogP contribution in [-0.4, -0.2) is 29.7 Å². The minimum absolute atomic E-state index is 0.124. The highest BCUT2D eigenvalue weighted by Crippen LogP contribution is 2.14. The van der Waals surface area contributed by atoms with Gasteiger partial charge in [0.1, 0.15) is 11.9 Å². The largest absolute Gasteiger partial charge is 0.481 e. The quantitative estimate of drug-likeness (QED) is 0.806. The molecule has 0 saturated heterocycles. The third-order valence-electron chi connectivity index (χ3n) is 2.15. The van der Waals surface area contributed by atoms with Gasteiger partial charge in [0.25, 0.3) is 0 Å². The number of nitrogens with zero attached hydrogens (tertiary/aromatic N) is 3. The molecule has 1 heterocycles. The number of hydrogen-bond donors (Lipinski definition) is 1. The molecule has 5 heteroatoms. The Morgan fingerprint density at radius 2 is 2.44 bits per heavy atom. The maximum absolute atomic E-state index is 10.4. The highest BCUT2D eigenvalue weighted by atomic mass is 16.4. The molecule has 84 valence electrons. The van der Waals surface area contributed by atoms with Crippen molar-refractivity contribution in [1.29, 1.82) is 5.26 Å². The van der Waals surface area contributed by atoms with Crippen molar-refractivity contribution in [2.45, 2.75) is 12.8 Å². The Hall–Kier alpha value is -2.09. The van der Waals surface area contributed by atoms with Crippen LogP contribution in [0.15, 0.2) is 18.3 Å². The molecule has 0 saturated carbocycles. The summed E-state index contributed by atoms with van der Waals surface area (Å²) < 4.78 is 0. The van der Waals surface area contributed by atoms with E-state index in [9.17, 15) is 4.79 Å². The highest BCUT2D eigenvalue weighted by molar-refractivity contribution is 5.66. The lowest BCUT2D eigenvalue weighted by atomic mass is 10.2. The summed E-state index contributed by atoms with van der Waals surface area (Å²) in [6.45, 7) is 0.567. The van der Waals surface area contributed by atoms with Crippen molar-refractivity contribution < 1.29 is 9.90 Å². The molecule has 0 aliphatic heterocycles. The SMILES string of the molecule is CN(CCCC(=O)O)c1ncccc1C#N. The first-order valence-electron chi connectivity index (χ1n) is 4.93. The average molecular weight is 219 g/mol. The molecule has 0 atom stereocenters. The van der Waals surface area contributed by atoms with E-state index < -0.39 is 5.97 Å². The lowest BCUT2D eigenvalue weighted by Crippen LogP contribution is -2.21. The fraction of sp³-hybridized carbons (Fsp3) is 0.364. The van der Waals surface area contributed by atoms with Gasteiger partial charge in [0.2, 0.25) is 0 Å². The Labute approximate surface area is 93.9 Å². The number of anilines is 1. The van der Waals surface area contributed by atoms with Gasteiger partial charge in [0, 0.05) is 26.2 Å². The van der Waals surface area contributed by atoms with E-state index in [1.165, 1.54) is 0 Å². The zero-order valence-corrected chi connectivity index (χ0v) is 9.05. The lowest BCUT2D eigenvalue weighted by Gasteiger charge is -2.18. The molecule has 0 aliphatic rings. The molecule has 5 nitrogen and oxygen atoms in total. The number of nitriles is 1. The summed E-state index contributed by atoms with van der Waals surface area (Å²) in [5, 5.41) is 17.4. The molecule has 1 aromatic rings. The van der Waals surface area contributed by atoms with Gasteiger partial charge in [-0.15, -0.1) is 0 Å². The summed E-state index contributed by atoms with van der Waals surface area (Å²) in [6.07, 6.45) is 2.27. The Morgan fingerprint density at radius 3 is 3.06 bits per heavy atom. The Bertz CT molecular complexity index is 412. The molecule has 0 spiro atoms. The van der Waals surface area contributed by atoms with Crippen molar-refractivity contribution in [1.82, 2.24) is 4.98 Å². The van der Waals surface area contributed by atoms with Gasteiger partial charge < -0.3 is 10.0 Å². The zero-order chi connectivity index (χ0) is 12.0. The second kappa shape index (κ2) is 5.71. The second-order valence-corrected chi connectivity index (χ2v) is 3.41. The van der Waals surface area contributed by atoms with Crippen molar-refractivity contribution in [3.05, 3.63) is 23.9 Å². The molecule has 0 fully saturated rings. The Morgan fingerprint density at radius 1 is 1.69 bits per heavy atom. The molecular weight excluding hydrogens is 206 g/mol. The molecule has 0 unspecified atom stereocenters. The number of rotatable bonds is 5. The molecule has 0 radical (unpaired) electrons. The van der Waals surface area contributed by atoms with Gasteiger partial charge in [-0.05, 0) is 18.6 Å². The maximum atomic E-state index is 10.4. The standard InChI is InChI=1S/C11H13N3O2/c1-14(7-3-5-10(15)16)11-9(8-12)4-2-6-13-11/h2,4,6H,3,5,7H2,1H3,(H,15,16). The third kappa shape index (κ3) is 3.24. The number of carboxylic acids is 1. The summed E-state index contributed by atoms with van der Waals surface area (Å²) in [7, 11) is 1.80. The van der Waals surface area contributed by atoms with Crippen molar-refractivity contribution in [2.24, 2.45) is 0 Å². The Balaban J connectivity index is 2.62. The molecule has 0 amide bonds. The topological polar surface area (TPSA) is 77.2 Å². The third-order valence-corrected chi connectivity index (χ3v) is 2.15. The van der Waals surface area contributed by atoms with E-state index in [1.807, 2.05) is 0 Å². The predicted octanol–water partition coefficient (Wildman–Crippen LogP) is 1.25. The van der Waals surface area contributed by atoms with Gasteiger partial charge in [-0.25, -0.2) is 4.98 Å². The zero-order valence-electron chi connectivity index (χ0n) is 9.05. The number of pyridine rings is 1. The van der Waals surface area contributed by atoms with Crippen molar-refractivity contribution in [2.75, 3.05) is 18.5 Å². The van der Waals surface area contributed by atoms with Crippen LogP contribution in [0.1, 0.15) is 18.4 Å². The maximum Gasteiger partial charge on any atom is 0.303 e. The number of aromatic nitrogens is 1. The monoisotopic (exact) mass is 219 g/mol. The number of aliphatic carboxylic acids is 1. The first-order valence-corrected chi connectivity index (χ1v) is 4.93. The van der Waals surface area contributed by atoms with E-state index in [4.69, 9.17) is 10.4 Å². The first-order chi connectivity index (χ1) is 7.65. The fourth-order valence-electron chi connectivity index (χ4n) is 1.36. The Kier molecular flexibility index (Phi) is 4.28. The molecule has 0 bridgehead atoms. The average Bonchev–Trinajstić information content (AvgIpc) is 2.28. The van der Waals surface area contributed by atoms with Crippen LogP contribution in [0.2, 0.25) is 0 Å². The minimum Gasteiger partial charge on any atom is -0.481 e. The van der Waals surface area contributed by atoms with Crippen LogP contribution in [0.3, 0.4) is 0 Å². The van der Waals surface area contributed by atoms with Gasteiger partial charge in [-0.3, -0.25) is 4.79 Å². The van der Waals surface area contributed by atoms with E-state index in [2.05, 4.69) is 11.1 Å². The van der Waals surface area contributed by atoms with Gasteiger partial charge in [0.05, 0.1) is 5.56 Å². The van der Waals surface area contributed by atoms with Crippen molar-refractivity contribution >= 4 is 11.8 Å². The number of carboxylic acid groups (broad SMARTS) is 1. The molecule has 1 rings (SSSR count). The van der Waals surface area contributed by atoms with Crippen LogP contribution in [0.5, 0.6) is 0 Å². The van der Waals surface area contributed by atoms with Gasteiger partial charge in [-0.2, -0.15) is 5.26 Å². The van der Waals surface area contributed by atoms with Crippen LogP contribution in [0, 0.1) is 11.3 Å². The summed E-state index contributed by atoms with van der Waals surface area (Å²) in [5.74, 6) is -0.217. The van der Waals surface area contributed by atoms with E-state index in [0.29, 0.717) is 24.3 Å². The smallest absolute Gasteiger partial charge is 0.303 e. The van der Waals surface area contributed by atoms with Gasteiger partial charge >= 0.3 is 5.97 Å². The molecule has 0 aromatic carbocycles. The number of hydrogen-bond acceptors (Lipinski definition) is 4. The lowest BCUT2D eigenvalue weighted by molar-refractivity contribution is -0.137. The summed E-state index contributed by atoms with van der Waals surface area (Å²) in [4.78, 5) is 16.3. The van der Waals surface area contributed by atoms with Crippen LogP contribution < -0.4 is 4.90 Å². The van der Waals surface area contributed by atoms with Crippen LogP contribution in [0.4, 0.5) is 5.82 Å². The molecule has 0 aliphatic carbocycles. The fourth-order valence-corrected chi connectivity index (χ4v) is 1.36. The van der Waals surface area contributed by atoms with Crippen LogP contribution in [-0.2, 0) is 4.79 Å². The van der Waals surface area contributed by atoms with E-state index in [0.717, 1.165) is 0 Å². The molecule has 1 N–H and O–H groups in total. The van der Waals surface area contributed by atoms with Gasteiger partial charge in [-0.1, -0.05) is 0 Å².